The molecule has 2 N–H and O–H groups in total. The van der Waals surface area contributed by atoms with Gasteiger partial charge in [-0.2, -0.15) is 0 Å². The molecule has 0 saturated carbocycles. The van der Waals surface area contributed by atoms with Crippen LogP contribution >= 0.6 is 0 Å². The molecule has 0 atom stereocenters. The molecule has 0 bridgehead atoms. The number of aromatic nitrogens is 5. The first-order chi connectivity index (χ1) is 10.8. The van der Waals surface area contributed by atoms with Crippen LogP contribution in [-0.4, -0.2) is 29.6 Å². The molecule has 0 unspecified atom stereocenters. The zero-order valence-electron chi connectivity index (χ0n) is 12.9. The van der Waals surface area contributed by atoms with Crippen molar-refractivity contribution in [2.24, 2.45) is 26.9 Å². The van der Waals surface area contributed by atoms with Gasteiger partial charge in [-0.05, 0) is 12.1 Å². The maximum atomic E-state index is 11.7. The Morgan fingerprint density at radius 1 is 1.17 bits per heavy atom. The molecule has 9 nitrogen and oxygen atoms in total. The molecular weight excluding hydrogens is 300 g/mol. The van der Waals surface area contributed by atoms with Crippen molar-refractivity contribution in [2.45, 2.75) is 0 Å². The predicted molar refractivity (Wildman–Crippen MR) is 84.0 cm³/mol. The van der Waals surface area contributed by atoms with Gasteiger partial charge in [0.05, 0.1) is 11.9 Å². The molecule has 3 heterocycles. The van der Waals surface area contributed by atoms with Crippen LogP contribution < -0.4 is 17.0 Å². The fourth-order valence-electron chi connectivity index (χ4n) is 1.98. The molecule has 0 aromatic carbocycles. The molecule has 3 aromatic heterocycles. The van der Waals surface area contributed by atoms with Crippen LogP contribution in [0.2, 0.25) is 0 Å². The lowest BCUT2D eigenvalue weighted by Gasteiger charge is -2.02. The van der Waals surface area contributed by atoms with Gasteiger partial charge in [-0.15, -0.1) is 0 Å². The third-order valence-corrected chi connectivity index (χ3v) is 3.26. The second kappa shape index (κ2) is 6.26. The molecule has 3 rings (SSSR count). The summed E-state index contributed by atoms with van der Waals surface area (Å²) in [6.07, 6.45) is 4.54. The Bertz CT molecular complexity index is 968. The SMILES string of the molecule is Cn1c(=O)c2c(ncn2C)n(C)c1=O.NC(=O)c1cccnc1. The van der Waals surface area contributed by atoms with Gasteiger partial charge in [0, 0.05) is 33.5 Å². The molecule has 9 heteroatoms. The van der Waals surface area contributed by atoms with E-state index in [1.807, 2.05) is 0 Å². The van der Waals surface area contributed by atoms with E-state index in [0.717, 1.165) is 4.57 Å². The third kappa shape index (κ3) is 3.03. The van der Waals surface area contributed by atoms with E-state index in [2.05, 4.69) is 9.97 Å². The van der Waals surface area contributed by atoms with E-state index in [4.69, 9.17) is 5.73 Å². The Balaban J connectivity index is 0.000000185. The van der Waals surface area contributed by atoms with Crippen molar-refractivity contribution >= 4 is 17.1 Å². The highest BCUT2D eigenvalue weighted by molar-refractivity contribution is 5.92. The standard InChI is InChI=1S/C8H10N4O2.C6H6N2O/c1-10-4-9-6-5(10)7(13)12(3)8(14)11(6)2;7-6(9)5-2-1-3-8-4-5/h4H,1-3H3;1-4H,(H2,7,9). The van der Waals surface area contributed by atoms with E-state index in [0.29, 0.717) is 16.7 Å². The number of nitrogens with two attached hydrogens (primary N) is 1. The van der Waals surface area contributed by atoms with Gasteiger partial charge in [-0.1, -0.05) is 0 Å². The van der Waals surface area contributed by atoms with Gasteiger partial charge in [0.2, 0.25) is 5.91 Å². The summed E-state index contributed by atoms with van der Waals surface area (Å²) in [5, 5.41) is 0. The molecule has 1 amide bonds. The summed E-state index contributed by atoms with van der Waals surface area (Å²) in [6.45, 7) is 0. The Morgan fingerprint density at radius 2 is 1.87 bits per heavy atom. The summed E-state index contributed by atoms with van der Waals surface area (Å²) >= 11 is 0. The summed E-state index contributed by atoms with van der Waals surface area (Å²) in [5.41, 5.74) is 5.56. The highest BCUT2D eigenvalue weighted by Gasteiger charge is 2.11. The number of fused-ring (bicyclic) bond motifs is 1. The quantitative estimate of drug-likeness (QED) is 0.627. The van der Waals surface area contributed by atoms with Gasteiger partial charge in [-0.3, -0.25) is 23.7 Å². The van der Waals surface area contributed by atoms with Crippen molar-refractivity contribution in [3.8, 4) is 0 Å². The number of nitrogens with zero attached hydrogens (tertiary/aromatic N) is 5. The largest absolute Gasteiger partial charge is 0.366 e. The van der Waals surface area contributed by atoms with Crippen molar-refractivity contribution in [1.29, 1.82) is 0 Å². The first kappa shape index (κ1) is 16.1. The first-order valence-corrected chi connectivity index (χ1v) is 6.61. The molecule has 0 fully saturated rings. The normalized spacial score (nSPS) is 10.2. The molecule has 0 aliphatic heterocycles. The van der Waals surface area contributed by atoms with Gasteiger partial charge in [0.15, 0.2) is 11.2 Å². The number of carbonyl (C=O) groups excluding carboxylic acids is 1. The van der Waals surface area contributed by atoms with Crippen molar-refractivity contribution in [2.75, 3.05) is 0 Å². The molecule has 0 spiro atoms. The molecular formula is C14H16N6O3. The number of aryl methyl sites for hydroxylation is 2. The average molecular weight is 316 g/mol. The molecule has 0 radical (unpaired) electrons. The van der Waals surface area contributed by atoms with E-state index < -0.39 is 5.91 Å². The zero-order valence-corrected chi connectivity index (χ0v) is 12.9. The van der Waals surface area contributed by atoms with Gasteiger partial charge in [0.1, 0.15) is 0 Å². The van der Waals surface area contributed by atoms with Crippen LogP contribution in [0.25, 0.3) is 11.2 Å². The number of pyridine rings is 1. The van der Waals surface area contributed by atoms with Crippen molar-refractivity contribution in [1.82, 2.24) is 23.7 Å². The molecule has 120 valence electrons. The van der Waals surface area contributed by atoms with E-state index in [1.54, 1.807) is 37.0 Å². The fourth-order valence-corrected chi connectivity index (χ4v) is 1.98. The predicted octanol–water partition coefficient (Wildman–Crippen LogP) is -0.849. The van der Waals surface area contributed by atoms with Crippen LogP contribution in [-0.2, 0) is 21.1 Å². The summed E-state index contributed by atoms with van der Waals surface area (Å²) in [5.74, 6) is -0.442. The van der Waals surface area contributed by atoms with E-state index in [9.17, 15) is 14.4 Å². The summed E-state index contributed by atoms with van der Waals surface area (Å²) in [7, 11) is 4.77. The number of hydrogen-bond donors (Lipinski definition) is 1. The average Bonchev–Trinajstić information content (AvgIpc) is 2.94. The van der Waals surface area contributed by atoms with E-state index in [1.165, 1.54) is 24.1 Å². The lowest BCUT2D eigenvalue weighted by atomic mass is 10.3. The van der Waals surface area contributed by atoms with Crippen LogP contribution in [0.5, 0.6) is 0 Å². The minimum atomic E-state index is -0.442. The van der Waals surface area contributed by atoms with Crippen LogP contribution in [0.1, 0.15) is 10.4 Å². The smallest absolute Gasteiger partial charge is 0.332 e. The summed E-state index contributed by atoms with van der Waals surface area (Å²) < 4.78 is 4.04. The third-order valence-electron chi connectivity index (χ3n) is 3.26. The Hall–Kier alpha value is -3.23. The second-order valence-electron chi connectivity index (χ2n) is 4.84. The minimum Gasteiger partial charge on any atom is -0.366 e. The van der Waals surface area contributed by atoms with Gasteiger partial charge in [-0.25, -0.2) is 9.78 Å². The Morgan fingerprint density at radius 3 is 2.39 bits per heavy atom. The highest BCUT2D eigenvalue weighted by atomic mass is 16.2. The molecule has 3 aromatic rings. The number of carbonyl (C=O) groups is 1. The lowest BCUT2D eigenvalue weighted by molar-refractivity contribution is 0.1000. The van der Waals surface area contributed by atoms with Gasteiger partial charge >= 0.3 is 5.69 Å². The molecule has 0 aliphatic carbocycles. The fraction of sp³-hybridized carbons (Fsp3) is 0.214. The van der Waals surface area contributed by atoms with Crippen LogP contribution in [0.15, 0.2) is 40.4 Å². The van der Waals surface area contributed by atoms with E-state index >= 15 is 0 Å². The van der Waals surface area contributed by atoms with Crippen molar-refractivity contribution in [3.63, 3.8) is 0 Å². The number of amides is 1. The molecule has 23 heavy (non-hydrogen) atoms. The maximum absolute atomic E-state index is 11.7. The van der Waals surface area contributed by atoms with Crippen LogP contribution in [0.3, 0.4) is 0 Å². The number of hydrogen-bond acceptors (Lipinski definition) is 5. The Kier molecular flexibility index (Phi) is 4.39. The topological polar surface area (TPSA) is 118 Å². The van der Waals surface area contributed by atoms with Crippen molar-refractivity contribution < 1.29 is 4.79 Å². The number of primary amides is 1. The maximum Gasteiger partial charge on any atom is 0.332 e. The van der Waals surface area contributed by atoms with Crippen LogP contribution in [0.4, 0.5) is 0 Å². The number of imidazole rings is 1. The lowest BCUT2D eigenvalue weighted by Crippen LogP contribution is -2.37. The second-order valence-corrected chi connectivity index (χ2v) is 4.84. The van der Waals surface area contributed by atoms with Gasteiger partial charge in [0.25, 0.3) is 5.56 Å². The minimum absolute atomic E-state index is 0.317. The zero-order chi connectivity index (χ0) is 17.1. The molecule has 0 aliphatic rings. The number of rotatable bonds is 1. The highest BCUT2D eigenvalue weighted by Crippen LogP contribution is 2.01. The van der Waals surface area contributed by atoms with Crippen LogP contribution in [0, 0.1) is 0 Å². The summed E-state index contributed by atoms with van der Waals surface area (Å²) in [6, 6.07) is 3.29. The molecule has 0 saturated heterocycles. The Labute approximate surface area is 130 Å². The van der Waals surface area contributed by atoms with Crippen molar-refractivity contribution in [3.05, 3.63) is 57.3 Å². The monoisotopic (exact) mass is 316 g/mol. The first-order valence-electron chi connectivity index (χ1n) is 6.61. The van der Waals surface area contributed by atoms with Gasteiger partial charge < -0.3 is 10.3 Å². The summed E-state index contributed by atoms with van der Waals surface area (Å²) in [4.78, 5) is 41.2. The van der Waals surface area contributed by atoms with E-state index in [-0.39, 0.29) is 11.2 Å².